The number of terminal acetylenes is 1. The standard InChI is InChI=1S/C14H17FN2O3S/c1-3-6-17(9-10-4-5-10)21(18,19)11-7-12(15)14(20-2)13(16)8-11/h1,7-8,10H,4-6,9,16H2,2H3. The smallest absolute Gasteiger partial charge is 0.244 e. The zero-order valence-electron chi connectivity index (χ0n) is 11.7. The Morgan fingerprint density at radius 2 is 2.19 bits per heavy atom. The number of hydrogen-bond acceptors (Lipinski definition) is 4. The molecule has 7 heteroatoms. The van der Waals surface area contributed by atoms with E-state index in [1.165, 1.54) is 17.5 Å². The summed E-state index contributed by atoms with van der Waals surface area (Å²) in [5.74, 6) is 1.67. The SMILES string of the molecule is C#CCN(CC1CC1)S(=O)(=O)c1cc(N)c(OC)c(F)c1. The molecule has 1 saturated carbocycles. The quantitative estimate of drug-likeness (QED) is 0.637. The first-order valence-electron chi connectivity index (χ1n) is 6.46. The molecule has 0 atom stereocenters. The predicted molar refractivity (Wildman–Crippen MR) is 77.7 cm³/mol. The normalized spacial score (nSPS) is 15.0. The lowest BCUT2D eigenvalue weighted by Gasteiger charge is -2.20. The third-order valence-corrected chi connectivity index (χ3v) is 5.10. The van der Waals surface area contributed by atoms with E-state index in [4.69, 9.17) is 16.9 Å². The summed E-state index contributed by atoms with van der Waals surface area (Å²) >= 11 is 0. The van der Waals surface area contributed by atoms with Crippen molar-refractivity contribution in [3.63, 3.8) is 0 Å². The van der Waals surface area contributed by atoms with Crippen molar-refractivity contribution in [3.8, 4) is 18.1 Å². The van der Waals surface area contributed by atoms with E-state index in [-0.39, 0.29) is 22.9 Å². The Morgan fingerprint density at radius 1 is 1.52 bits per heavy atom. The van der Waals surface area contributed by atoms with Crippen LogP contribution in [0.1, 0.15) is 12.8 Å². The number of sulfonamides is 1. The Bertz CT molecular complexity index is 655. The number of nitrogen functional groups attached to an aromatic ring is 1. The lowest BCUT2D eigenvalue weighted by Crippen LogP contribution is -2.33. The van der Waals surface area contributed by atoms with Crippen LogP contribution in [0, 0.1) is 24.1 Å². The number of halogens is 1. The maximum absolute atomic E-state index is 13.8. The van der Waals surface area contributed by atoms with Crippen molar-refractivity contribution in [2.24, 2.45) is 5.92 Å². The number of rotatable bonds is 6. The Balaban J connectivity index is 2.39. The van der Waals surface area contributed by atoms with Gasteiger partial charge in [-0.1, -0.05) is 5.92 Å². The summed E-state index contributed by atoms with van der Waals surface area (Å²) < 4.78 is 44.9. The average molecular weight is 312 g/mol. The number of hydrogen-bond donors (Lipinski definition) is 1. The van der Waals surface area contributed by atoms with E-state index >= 15 is 0 Å². The molecule has 1 fully saturated rings. The van der Waals surface area contributed by atoms with Gasteiger partial charge in [0.2, 0.25) is 10.0 Å². The van der Waals surface area contributed by atoms with Crippen LogP contribution in [0.2, 0.25) is 0 Å². The molecule has 1 aromatic rings. The first kappa shape index (κ1) is 15.6. The van der Waals surface area contributed by atoms with Gasteiger partial charge >= 0.3 is 0 Å². The van der Waals surface area contributed by atoms with Gasteiger partial charge in [0.15, 0.2) is 11.6 Å². The number of nitrogens with two attached hydrogens (primary N) is 1. The molecule has 0 amide bonds. The van der Waals surface area contributed by atoms with Crippen molar-refractivity contribution in [3.05, 3.63) is 17.9 Å². The van der Waals surface area contributed by atoms with Gasteiger partial charge < -0.3 is 10.5 Å². The average Bonchev–Trinajstić information content (AvgIpc) is 3.21. The Kier molecular flexibility index (Phi) is 4.40. The maximum Gasteiger partial charge on any atom is 0.244 e. The lowest BCUT2D eigenvalue weighted by atomic mass is 10.3. The molecule has 1 aliphatic rings. The monoisotopic (exact) mass is 312 g/mol. The minimum absolute atomic E-state index is 0.0492. The van der Waals surface area contributed by atoms with Crippen LogP contribution >= 0.6 is 0 Å². The third kappa shape index (κ3) is 3.28. The van der Waals surface area contributed by atoms with Gasteiger partial charge in [-0.3, -0.25) is 0 Å². The summed E-state index contributed by atoms with van der Waals surface area (Å²) in [6, 6.07) is 2.09. The number of anilines is 1. The largest absolute Gasteiger partial charge is 0.492 e. The fourth-order valence-corrected chi connectivity index (χ4v) is 3.52. The molecule has 2 N–H and O–H groups in total. The molecule has 21 heavy (non-hydrogen) atoms. The third-order valence-electron chi connectivity index (χ3n) is 3.31. The number of nitrogens with zero attached hydrogens (tertiary/aromatic N) is 1. The van der Waals surface area contributed by atoms with Crippen LogP contribution < -0.4 is 10.5 Å². The molecular weight excluding hydrogens is 295 g/mol. The van der Waals surface area contributed by atoms with Gasteiger partial charge in [0, 0.05) is 6.54 Å². The van der Waals surface area contributed by atoms with Gasteiger partial charge in [-0.25, -0.2) is 12.8 Å². The summed E-state index contributed by atoms with van der Waals surface area (Å²) in [5, 5.41) is 0. The summed E-state index contributed by atoms with van der Waals surface area (Å²) in [6.07, 6.45) is 7.19. The van der Waals surface area contributed by atoms with Crippen LogP contribution in [-0.2, 0) is 10.0 Å². The van der Waals surface area contributed by atoms with Gasteiger partial charge in [-0.15, -0.1) is 6.42 Å². The van der Waals surface area contributed by atoms with Crippen molar-refractivity contribution in [1.82, 2.24) is 4.31 Å². The van der Waals surface area contributed by atoms with Crippen molar-refractivity contribution < 1.29 is 17.5 Å². The highest BCUT2D eigenvalue weighted by molar-refractivity contribution is 7.89. The fraction of sp³-hybridized carbons (Fsp3) is 0.429. The summed E-state index contributed by atoms with van der Waals surface area (Å²) in [6.45, 7) is 0.298. The highest BCUT2D eigenvalue weighted by atomic mass is 32.2. The van der Waals surface area contributed by atoms with E-state index in [9.17, 15) is 12.8 Å². The number of ether oxygens (including phenoxy) is 1. The lowest BCUT2D eigenvalue weighted by molar-refractivity contribution is 0.387. The van der Waals surface area contributed by atoms with Gasteiger partial charge in [-0.05, 0) is 30.9 Å². The first-order chi connectivity index (χ1) is 9.90. The molecule has 1 aliphatic carbocycles. The molecule has 0 unspecified atom stereocenters. The Morgan fingerprint density at radius 3 is 2.67 bits per heavy atom. The Labute approximate surface area is 123 Å². The van der Waals surface area contributed by atoms with E-state index in [2.05, 4.69) is 5.92 Å². The van der Waals surface area contributed by atoms with Crippen molar-refractivity contribution >= 4 is 15.7 Å². The van der Waals surface area contributed by atoms with Crippen molar-refractivity contribution in [1.29, 1.82) is 0 Å². The van der Waals surface area contributed by atoms with Crippen LogP contribution in [0.15, 0.2) is 17.0 Å². The minimum Gasteiger partial charge on any atom is -0.492 e. The molecule has 0 aliphatic heterocycles. The molecule has 0 saturated heterocycles. The highest BCUT2D eigenvalue weighted by Crippen LogP contribution is 2.33. The molecule has 0 bridgehead atoms. The molecule has 2 rings (SSSR count). The molecule has 0 aromatic heterocycles. The van der Waals surface area contributed by atoms with Crippen LogP contribution in [0.4, 0.5) is 10.1 Å². The van der Waals surface area contributed by atoms with E-state index in [1.807, 2.05) is 0 Å². The zero-order valence-corrected chi connectivity index (χ0v) is 12.5. The second-order valence-corrected chi connectivity index (χ2v) is 6.91. The van der Waals surface area contributed by atoms with Crippen LogP contribution in [0.5, 0.6) is 5.75 Å². The van der Waals surface area contributed by atoms with E-state index in [0.717, 1.165) is 18.9 Å². The van der Waals surface area contributed by atoms with Gasteiger partial charge in [-0.2, -0.15) is 4.31 Å². The summed E-state index contributed by atoms with van der Waals surface area (Å²) in [4.78, 5) is -0.214. The second-order valence-electron chi connectivity index (χ2n) is 4.97. The summed E-state index contributed by atoms with van der Waals surface area (Å²) in [5.41, 5.74) is 5.56. The highest BCUT2D eigenvalue weighted by Gasteiger charge is 2.32. The van der Waals surface area contributed by atoms with Gasteiger partial charge in [0.1, 0.15) is 0 Å². The number of methoxy groups -OCH3 is 1. The minimum atomic E-state index is -3.87. The first-order valence-corrected chi connectivity index (χ1v) is 7.90. The molecule has 114 valence electrons. The number of benzene rings is 1. The molecule has 0 heterocycles. The fourth-order valence-electron chi connectivity index (χ4n) is 2.04. The zero-order chi connectivity index (χ0) is 15.6. The van der Waals surface area contributed by atoms with Crippen LogP contribution in [0.25, 0.3) is 0 Å². The molecule has 0 spiro atoms. The summed E-state index contributed by atoms with van der Waals surface area (Å²) in [7, 11) is -2.61. The second kappa shape index (κ2) is 5.92. The molecule has 5 nitrogen and oxygen atoms in total. The molecule has 0 radical (unpaired) electrons. The van der Waals surface area contributed by atoms with E-state index < -0.39 is 15.8 Å². The van der Waals surface area contributed by atoms with Gasteiger partial charge in [0.05, 0.1) is 24.2 Å². The molecular formula is C14H17FN2O3S. The van der Waals surface area contributed by atoms with E-state index in [0.29, 0.717) is 12.5 Å². The van der Waals surface area contributed by atoms with Crippen molar-refractivity contribution in [2.75, 3.05) is 25.9 Å². The maximum atomic E-state index is 13.8. The molecule has 1 aromatic carbocycles. The predicted octanol–water partition coefficient (Wildman–Crippen LogP) is 1.45. The van der Waals surface area contributed by atoms with Crippen LogP contribution in [0.3, 0.4) is 0 Å². The van der Waals surface area contributed by atoms with E-state index in [1.54, 1.807) is 0 Å². The van der Waals surface area contributed by atoms with Crippen LogP contribution in [-0.4, -0.2) is 32.9 Å². The Hall–Kier alpha value is -1.78. The van der Waals surface area contributed by atoms with Crippen molar-refractivity contribution in [2.45, 2.75) is 17.7 Å². The topological polar surface area (TPSA) is 72.6 Å². The van der Waals surface area contributed by atoms with Gasteiger partial charge in [0.25, 0.3) is 0 Å².